The topological polar surface area (TPSA) is 86.7 Å². The SMILES string of the molecule is CC(=O)Nc1cccc(C(=O)N2CCC(C(=O)O)CC2)c1. The molecule has 0 atom stereocenters. The number of anilines is 1. The van der Waals surface area contributed by atoms with Gasteiger partial charge in [0.2, 0.25) is 5.91 Å². The molecule has 112 valence electrons. The first-order chi connectivity index (χ1) is 9.97. The molecule has 1 saturated heterocycles. The van der Waals surface area contributed by atoms with Gasteiger partial charge in [-0.2, -0.15) is 0 Å². The Hall–Kier alpha value is -2.37. The molecule has 1 heterocycles. The molecule has 0 unspecified atom stereocenters. The maximum atomic E-state index is 12.4. The maximum Gasteiger partial charge on any atom is 0.306 e. The van der Waals surface area contributed by atoms with E-state index >= 15 is 0 Å². The minimum absolute atomic E-state index is 0.133. The molecule has 21 heavy (non-hydrogen) atoms. The third kappa shape index (κ3) is 3.81. The third-order valence-corrected chi connectivity index (χ3v) is 3.56. The Morgan fingerprint density at radius 2 is 1.90 bits per heavy atom. The first-order valence-electron chi connectivity index (χ1n) is 6.87. The van der Waals surface area contributed by atoms with Gasteiger partial charge in [0.05, 0.1) is 5.92 Å². The van der Waals surface area contributed by atoms with Crippen LogP contribution in [0.4, 0.5) is 5.69 Å². The lowest BCUT2D eigenvalue weighted by Gasteiger charge is -2.30. The smallest absolute Gasteiger partial charge is 0.306 e. The molecule has 0 aliphatic carbocycles. The van der Waals surface area contributed by atoms with Crippen LogP contribution >= 0.6 is 0 Å². The van der Waals surface area contributed by atoms with Gasteiger partial charge in [-0.25, -0.2) is 0 Å². The lowest BCUT2D eigenvalue weighted by molar-refractivity contribution is -0.143. The van der Waals surface area contributed by atoms with E-state index in [1.807, 2.05) is 0 Å². The van der Waals surface area contributed by atoms with Gasteiger partial charge in [-0.1, -0.05) is 6.07 Å². The summed E-state index contributed by atoms with van der Waals surface area (Å²) < 4.78 is 0. The van der Waals surface area contributed by atoms with E-state index in [4.69, 9.17) is 5.11 Å². The molecule has 1 aromatic carbocycles. The first kappa shape index (κ1) is 15.0. The van der Waals surface area contributed by atoms with E-state index < -0.39 is 5.97 Å². The molecule has 0 aromatic heterocycles. The van der Waals surface area contributed by atoms with Crippen LogP contribution in [0.5, 0.6) is 0 Å². The number of rotatable bonds is 3. The fourth-order valence-electron chi connectivity index (χ4n) is 2.45. The van der Waals surface area contributed by atoms with E-state index in [-0.39, 0.29) is 17.7 Å². The van der Waals surface area contributed by atoms with Crippen molar-refractivity contribution in [1.82, 2.24) is 4.90 Å². The largest absolute Gasteiger partial charge is 0.481 e. The number of hydrogen-bond acceptors (Lipinski definition) is 3. The Balaban J connectivity index is 2.04. The Bertz CT molecular complexity index is 563. The van der Waals surface area contributed by atoms with Crippen molar-refractivity contribution < 1.29 is 19.5 Å². The van der Waals surface area contributed by atoms with Gasteiger partial charge in [0.15, 0.2) is 0 Å². The van der Waals surface area contributed by atoms with Gasteiger partial charge in [0.1, 0.15) is 0 Å². The Morgan fingerprint density at radius 1 is 1.24 bits per heavy atom. The molecule has 1 fully saturated rings. The number of likely N-dealkylation sites (tertiary alicyclic amines) is 1. The van der Waals surface area contributed by atoms with Crippen LogP contribution in [-0.4, -0.2) is 40.9 Å². The van der Waals surface area contributed by atoms with Crippen molar-refractivity contribution in [2.24, 2.45) is 5.92 Å². The van der Waals surface area contributed by atoms with Gasteiger partial charge in [0, 0.05) is 31.3 Å². The number of hydrogen-bond donors (Lipinski definition) is 2. The van der Waals surface area contributed by atoms with Gasteiger partial charge >= 0.3 is 5.97 Å². The van der Waals surface area contributed by atoms with Crippen LogP contribution in [0.15, 0.2) is 24.3 Å². The summed E-state index contributed by atoms with van der Waals surface area (Å²) in [7, 11) is 0. The maximum absolute atomic E-state index is 12.4. The molecule has 2 N–H and O–H groups in total. The minimum atomic E-state index is -0.797. The Kier molecular flexibility index (Phi) is 4.57. The number of carboxylic acid groups (broad SMARTS) is 1. The van der Waals surface area contributed by atoms with E-state index in [1.54, 1.807) is 29.2 Å². The van der Waals surface area contributed by atoms with Crippen molar-refractivity contribution in [2.75, 3.05) is 18.4 Å². The summed E-state index contributed by atoms with van der Waals surface area (Å²) in [6.07, 6.45) is 0.957. The van der Waals surface area contributed by atoms with E-state index in [0.29, 0.717) is 37.2 Å². The molecule has 6 heteroatoms. The van der Waals surface area contributed by atoms with Crippen LogP contribution in [0.1, 0.15) is 30.1 Å². The number of benzene rings is 1. The zero-order valence-electron chi connectivity index (χ0n) is 11.8. The van der Waals surface area contributed by atoms with Gasteiger partial charge < -0.3 is 15.3 Å². The molecule has 0 saturated carbocycles. The molecule has 2 rings (SSSR count). The average molecular weight is 290 g/mol. The van der Waals surface area contributed by atoms with Crippen LogP contribution in [0, 0.1) is 5.92 Å². The van der Waals surface area contributed by atoms with Crippen molar-refractivity contribution >= 4 is 23.5 Å². The summed E-state index contributed by atoms with van der Waals surface area (Å²) in [5, 5.41) is 11.6. The van der Waals surface area contributed by atoms with Crippen LogP contribution in [0.25, 0.3) is 0 Å². The van der Waals surface area contributed by atoms with Crippen LogP contribution < -0.4 is 5.32 Å². The van der Waals surface area contributed by atoms with Crippen LogP contribution in [-0.2, 0) is 9.59 Å². The molecule has 0 radical (unpaired) electrons. The second-order valence-corrected chi connectivity index (χ2v) is 5.17. The standard InChI is InChI=1S/C15H18N2O4/c1-10(18)16-13-4-2-3-12(9-13)14(19)17-7-5-11(6-8-17)15(20)21/h2-4,9,11H,5-8H2,1H3,(H,16,18)(H,20,21). The number of piperidine rings is 1. The molecule has 1 aromatic rings. The van der Waals surface area contributed by atoms with E-state index in [1.165, 1.54) is 6.92 Å². The highest BCUT2D eigenvalue weighted by Crippen LogP contribution is 2.20. The summed E-state index contributed by atoms with van der Waals surface area (Å²) in [6.45, 7) is 2.30. The number of carboxylic acids is 1. The fraction of sp³-hybridized carbons (Fsp3) is 0.400. The normalized spacial score (nSPS) is 15.6. The van der Waals surface area contributed by atoms with Gasteiger partial charge in [-0.05, 0) is 31.0 Å². The zero-order valence-corrected chi connectivity index (χ0v) is 11.8. The Labute approximate surface area is 122 Å². The molecule has 1 aliphatic heterocycles. The number of carbonyl (C=O) groups is 3. The lowest BCUT2D eigenvalue weighted by Crippen LogP contribution is -2.40. The molecular weight excluding hydrogens is 272 g/mol. The van der Waals surface area contributed by atoms with E-state index in [9.17, 15) is 14.4 Å². The summed E-state index contributed by atoms with van der Waals surface area (Å²) in [4.78, 5) is 36.0. The fourth-order valence-corrected chi connectivity index (χ4v) is 2.45. The van der Waals surface area contributed by atoms with E-state index in [2.05, 4.69) is 5.32 Å². The van der Waals surface area contributed by atoms with Crippen LogP contribution in [0.2, 0.25) is 0 Å². The molecular formula is C15H18N2O4. The second kappa shape index (κ2) is 6.39. The predicted molar refractivity (Wildman–Crippen MR) is 77.0 cm³/mol. The highest BCUT2D eigenvalue weighted by atomic mass is 16.4. The first-order valence-corrected chi connectivity index (χ1v) is 6.87. The van der Waals surface area contributed by atoms with Crippen molar-refractivity contribution in [2.45, 2.75) is 19.8 Å². The number of amides is 2. The Morgan fingerprint density at radius 3 is 2.48 bits per heavy atom. The number of aliphatic carboxylic acids is 1. The molecule has 0 bridgehead atoms. The van der Waals surface area contributed by atoms with E-state index in [0.717, 1.165) is 0 Å². The molecule has 6 nitrogen and oxygen atoms in total. The summed E-state index contributed by atoms with van der Waals surface area (Å²) in [5.74, 6) is -1.48. The highest BCUT2D eigenvalue weighted by molar-refractivity contribution is 5.97. The van der Waals surface area contributed by atoms with Crippen molar-refractivity contribution in [3.05, 3.63) is 29.8 Å². The molecule has 2 amide bonds. The summed E-state index contributed by atoms with van der Waals surface area (Å²) >= 11 is 0. The van der Waals surface area contributed by atoms with Crippen molar-refractivity contribution in [3.63, 3.8) is 0 Å². The average Bonchev–Trinajstić information content (AvgIpc) is 2.46. The van der Waals surface area contributed by atoms with Gasteiger partial charge in [0.25, 0.3) is 5.91 Å². The predicted octanol–water partition coefficient (Wildman–Crippen LogP) is 1.58. The quantitative estimate of drug-likeness (QED) is 0.885. The van der Waals surface area contributed by atoms with Gasteiger partial charge in [-0.3, -0.25) is 14.4 Å². The summed E-state index contributed by atoms with van der Waals surface area (Å²) in [5.41, 5.74) is 1.07. The van der Waals surface area contributed by atoms with Gasteiger partial charge in [-0.15, -0.1) is 0 Å². The second-order valence-electron chi connectivity index (χ2n) is 5.17. The van der Waals surface area contributed by atoms with Crippen molar-refractivity contribution in [1.29, 1.82) is 0 Å². The lowest BCUT2D eigenvalue weighted by atomic mass is 9.96. The summed E-state index contributed by atoms with van der Waals surface area (Å²) in [6, 6.07) is 6.75. The van der Waals surface area contributed by atoms with Crippen molar-refractivity contribution in [3.8, 4) is 0 Å². The molecule has 1 aliphatic rings. The number of nitrogens with one attached hydrogen (secondary N) is 1. The number of nitrogens with zero attached hydrogens (tertiary/aromatic N) is 1. The van der Waals surface area contributed by atoms with Crippen LogP contribution in [0.3, 0.4) is 0 Å². The minimum Gasteiger partial charge on any atom is -0.481 e. The number of carbonyl (C=O) groups excluding carboxylic acids is 2. The highest BCUT2D eigenvalue weighted by Gasteiger charge is 2.27. The zero-order chi connectivity index (χ0) is 15.4. The monoisotopic (exact) mass is 290 g/mol. The third-order valence-electron chi connectivity index (χ3n) is 3.56. The molecule has 0 spiro atoms.